The fraction of sp³-hybridized carbons (Fsp3) is 0.429. The largest absolute Gasteiger partial charge is 0.486 e. The van der Waals surface area contributed by atoms with Crippen LogP contribution < -0.4 is 4.74 Å². The van der Waals surface area contributed by atoms with E-state index in [0.717, 1.165) is 18.8 Å². The Hall–Kier alpha value is -2.16. The number of rotatable bonds is 3. The smallest absolute Gasteiger partial charge is 0.414 e. The molecule has 1 aliphatic heterocycles. The van der Waals surface area contributed by atoms with Gasteiger partial charge in [0, 0.05) is 13.1 Å². The first-order valence-electron chi connectivity index (χ1n) is 6.52. The Labute approximate surface area is 127 Å². The number of benzene rings is 1. The summed E-state index contributed by atoms with van der Waals surface area (Å²) >= 11 is 0. The number of aliphatic hydroxyl groups is 1. The van der Waals surface area contributed by atoms with Gasteiger partial charge in [0.2, 0.25) is 0 Å². The van der Waals surface area contributed by atoms with Crippen LogP contribution in [0.5, 0.6) is 5.75 Å². The molecule has 0 radical (unpaired) electrons. The number of aliphatic carboxylic acids is 2. The summed E-state index contributed by atoms with van der Waals surface area (Å²) in [4.78, 5) is 20.4. The molecule has 1 heterocycles. The Bertz CT molecular complexity index is 454. The Kier molecular flexibility index (Phi) is 8.76. The minimum atomic E-state index is -1.82. The highest BCUT2D eigenvalue weighted by Crippen LogP contribution is 2.17. The van der Waals surface area contributed by atoms with Gasteiger partial charge in [-0.1, -0.05) is 25.1 Å². The van der Waals surface area contributed by atoms with Gasteiger partial charge in [-0.2, -0.15) is 0 Å². The number of hydrogen-bond donors (Lipinski definition) is 3. The van der Waals surface area contributed by atoms with Crippen molar-refractivity contribution in [1.29, 1.82) is 0 Å². The summed E-state index contributed by atoms with van der Waals surface area (Å²) < 4.78 is 5.73. The molecule has 1 fully saturated rings. The second-order valence-corrected chi connectivity index (χ2v) is 4.50. The van der Waals surface area contributed by atoms with Crippen LogP contribution in [-0.2, 0) is 9.59 Å². The molecule has 5 N–H and O–H groups in total. The van der Waals surface area contributed by atoms with Crippen LogP contribution in [0, 0.1) is 0 Å². The predicted molar refractivity (Wildman–Crippen MR) is 77.9 cm³/mol. The minimum absolute atomic E-state index is 0. The van der Waals surface area contributed by atoms with Crippen LogP contribution >= 0.6 is 0 Å². The van der Waals surface area contributed by atoms with Crippen molar-refractivity contribution in [2.24, 2.45) is 0 Å². The lowest BCUT2D eigenvalue weighted by molar-refractivity contribution is -0.159. The molecule has 124 valence electrons. The number of likely N-dealkylation sites (tertiary alicyclic amines) is 1. The molecular weight excluding hydrogens is 294 g/mol. The van der Waals surface area contributed by atoms with Gasteiger partial charge in [0.15, 0.2) is 0 Å². The maximum atomic E-state index is 9.79. The topological polar surface area (TPSA) is 139 Å². The predicted octanol–water partition coefficient (Wildman–Crippen LogP) is -0.539. The van der Waals surface area contributed by atoms with Crippen molar-refractivity contribution in [3.05, 3.63) is 30.3 Å². The number of hydrogen-bond acceptors (Lipinski definition) is 5. The van der Waals surface area contributed by atoms with Crippen LogP contribution in [0.3, 0.4) is 0 Å². The summed E-state index contributed by atoms with van der Waals surface area (Å²) in [7, 11) is 0. The molecule has 8 nitrogen and oxygen atoms in total. The number of β-amino-alcohol motifs (C(OH)–C–C–N with tert-alkyl or cyclic N) is 1. The summed E-state index contributed by atoms with van der Waals surface area (Å²) in [6.45, 7) is 4.59. The summed E-state index contributed by atoms with van der Waals surface area (Å²) in [5.74, 6) is -2.82. The normalized spacial score (nSPS) is 20.3. The molecule has 1 aromatic rings. The third-order valence-electron chi connectivity index (χ3n) is 2.97. The fourth-order valence-corrected chi connectivity index (χ4v) is 1.88. The second kappa shape index (κ2) is 9.72. The molecular formula is C14H21NO7. The molecule has 1 saturated heterocycles. The number of carboxylic acids is 2. The standard InChI is InChI=1S/C12H17NO2.C2H2O4.H2O/c1-2-13-8-11(14)12(9-13)15-10-6-4-3-5-7-10;3-1(4)2(5)6;/h3-7,11-12,14H,2,8-9H2,1H3;(H,3,4)(H,5,6);1H2/t11-,12-;;/m1../s1. The Morgan fingerprint density at radius 3 is 2.14 bits per heavy atom. The molecule has 0 spiro atoms. The van der Waals surface area contributed by atoms with Gasteiger partial charge in [-0.05, 0) is 18.7 Å². The Balaban J connectivity index is 0.000000546. The SMILES string of the molecule is CCN1C[C@@H](O)[C@H](Oc2ccccc2)C1.O.O=C(O)C(=O)O. The van der Waals surface area contributed by atoms with Gasteiger partial charge in [-0.25, -0.2) is 9.59 Å². The summed E-state index contributed by atoms with van der Waals surface area (Å²) in [6, 6.07) is 9.67. The van der Waals surface area contributed by atoms with Gasteiger partial charge in [0.1, 0.15) is 18.0 Å². The van der Waals surface area contributed by atoms with Gasteiger partial charge in [0.25, 0.3) is 0 Å². The third-order valence-corrected chi connectivity index (χ3v) is 2.97. The number of carboxylic acid groups (broad SMARTS) is 2. The number of carbonyl (C=O) groups is 2. The number of ether oxygens (including phenoxy) is 1. The molecule has 0 saturated carbocycles. The fourth-order valence-electron chi connectivity index (χ4n) is 1.88. The average molecular weight is 315 g/mol. The maximum absolute atomic E-state index is 9.79. The van der Waals surface area contributed by atoms with Gasteiger partial charge >= 0.3 is 11.9 Å². The Morgan fingerprint density at radius 1 is 1.18 bits per heavy atom. The van der Waals surface area contributed by atoms with Crippen molar-refractivity contribution in [2.75, 3.05) is 19.6 Å². The number of likely N-dealkylation sites (N-methyl/N-ethyl adjacent to an activating group) is 1. The van der Waals surface area contributed by atoms with E-state index in [9.17, 15) is 5.11 Å². The van der Waals surface area contributed by atoms with Crippen LogP contribution in [0.2, 0.25) is 0 Å². The highest BCUT2D eigenvalue weighted by Gasteiger charge is 2.31. The van der Waals surface area contributed by atoms with Crippen molar-refractivity contribution in [3.8, 4) is 5.75 Å². The molecule has 0 bridgehead atoms. The number of nitrogens with zero attached hydrogens (tertiary/aromatic N) is 1. The van der Waals surface area contributed by atoms with E-state index in [1.165, 1.54) is 0 Å². The molecule has 0 aliphatic carbocycles. The van der Waals surface area contributed by atoms with Gasteiger partial charge < -0.3 is 25.5 Å². The average Bonchev–Trinajstić information content (AvgIpc) is 2.81. The van der Waals surface area contributed by atoms with Crippen molar-refractivity contribution in [3.63, 3.8) is 0 Å². The molecule has 1 aromatic carbocycles. The maximum Gasteiger partial charge on any atom is 0.414 e. The molecule has 22 heavy (non-hydrogen) atoms. The third kappa shape index (κ3) is 6.53. The molecule has 2 rings (SSSR count). The van der Waals surface area contributed by atoms with Crippen LogP contribution in [0.15, 0.2) is 30.3 Å². The summed E-state index contributed by atoms with van der Waals surface area (Å²) in [5, 5.41) is 24.6. The molecule has 0 unspecified atom stereocenters. The van der Waals surface area contributed by atoms with Crippen molar-refractivity contribution in [1.82, 2.24) is 4.90 Å². The summed E-state index contributed by atoms with van der Waals surface area (Å²) in [5.41, 5.74) is 0. The first-order chi connectivity index (χ1) is 9.93. The van der Waals surface area contributed by atoms with E-state index < -0.39 is 11.9 Å². The molecule has 1 aliphatic rings. The number of para-hydroxylation sites is 1. The molecule has 2 atom stereocenters. The van der Waals surface area contributed by atoms with E-state index in [4.69, 9.17) is 24.5 Å². The Morgan fingerprint density at radius 2 is 1.73 bits per heavy atom. The van der Waals surface area contributed by atoms with Crippen LogP contribution in [-0.4, -0.2) is 69.5 Å². The minimum Gasteiger partial charge on any atom is -0.486 e. The van der Waals surface area contributed by atoms with Gasteiger partial charge in [-0.15, -0.1) is 0 Å². The van der Waals surface area contributed by atoms with Crippen LogP contribution in [0.1, 0.15) is 6.92 Å². The first kappa shape index (κ1) is 19.8. The van der Waals surface area contributed by atoms with E-state index in [2.05, 4.69) is 11.8 Å². The first-order valence-corrected chi connectivity index (χ1v) is 6.52. The zero-order valence-electron chi connectivity index (χ0n) is 12.2. The lowest BCUT2D eigenvalue weighted by Gasteiger charge is -2.16. The van der Waals surface area contributed by atoms with Gasteiger partial charge in [0.05, 0.1) is 0 Å². The van der Waals surface area contributed by atoms with Crippen molar-refractivity contribution >= 4 is 11.9 Å². The van der Waals surface area contributed by atoms with Crippen molar-refractivity contribution < 1.29 is 35.1 Å². The summed E-state index contributed by atoms with van der Waals surface area (Å²) in [6.07, 6.45) is -0.461. The highest BCUT2D eigenvalue weighted by molar-refractivity contribution is 6.27. The monoisotopic (exact) mass is 315 g/mol. The molecule has 8 heteroatoms. The van der Waals surface area contributed by atoms with E-state index in [-0.39, 0.29) is 17.7 Å². The highest BCUT2D eigenvalue weighted by atomic mass is 16.5. The zero-order valence-corrected chi connectivity index (χ0v) is 12.2. The lowest BCUT2D eigenvalue weighted by atomic mass is 10.2. The number of aliphatic hydroxyl groups excluding tert-OH is 1. The quantitative estimate of drug-likeness (QED) is 0.637. The van der Waals surface area contributed by atoms with Crippen molar-refractivity contribution in [2.45, 2.75) is 19.1 Å². The van der Waals surface area contributed by atoms with Gasteiger partial charge in [-0.3, -0.25) is 4.90 Å². The second-order valence-electron chi connectivity index (χ2n) is 4.50. The van der Waals surface area contributed by atoms with Crippen LogP contribution in [0.25, 0.3) is 0 Å². The molecule has 0 amide bonds. The lowest BCUT2D eigenvalue weighted by Crippen LogP contribution is -2.29. The van der Waals surface area contributed by atoms with E-state index in [1.54, 1.807) is 0 Å². The van der Waals surface area contributed by atoms with E-state index >= 15 is 0 Å². The zero-order chi connectivity index (χ0) is 15.8. The van der Waals surface area contributed by atoms with Crippen LogP contribution in [0.4, 0.5) is 0 Å². The van der Waals surface area contributed by atoms with E-state index in [1.807, 2.05) is 30.3 Å². The van der Waals surface area contributed by atoms with E-state index in [0.29, 0.717) is 6.54 Å². The molecule has 0 aromatic heterocycles.